The Balaban J connectivity index is 1.26. The minimum absolute atomic E-state index is 0.290. The number of aryl methyl sites for hydroxylation is 1. The first kappa shape index (κ1) is 19.3. The average molecular weight is 418 g/mol. The molecule has 1 fully saturated rings. The van der Waals surface area contributed by atoms with E-state index in [1.807, 2.05) is 49.4 Å². The first-order chi connectivity index (χ1) is 15.2. The number of nitrogens with zero attached hydrogens (tertiary/aromatic N) is 4. The zero-order valence-electron chi connectivity index (χ0n) is 17.3. The Kier molecular flexibility index (Phi) is 5.13. The summed E-state index contributed by atoms with van der Waals surface area (Å²) >= 11 is 0. The molecule has 8 nitrogen and oxygen atoms in total. The van der Waals surface area contributed by atoms with Crippen LogP contribution in [0.4, 0.5) is 5.69 Å². The van der Waals surface area contributed by atoms with Gasteiger partial charge in [-0.15, -0.1) is 10.2 Å². The Labute approximate surface area is 179 Å². The maximum Gasteiger partial charge on any atom is 0.271 e. The van der Waals surface area contributed by atoms with Gasteiger partial charge in [-0.2, -0.15) is 0 Å². The number of quaternary nitrogens is 1. The van der Waals surface area contributed by atoms with E-state index in [0.717, 1.165) is 43.0 Å². The molecule has 158 valence electrons. The number of benzene rings is 2. The summed E-state index contributed by atoms with van der Waals surface area (Å²) < 4.78 is 11.4. The van der Waals surface area contributed by atoms with Crippen LogP contribution in [0.15, 0.2) is 63.5 Å². The minimum atomic E-state index is 0.290. The van der Waals surface area contributed by atoms with Gasteiger partial charge in [-0.3, -0.25) is 0 Å². The van der Waals surface area contributed by atoms with Crippen molar-refractivity contribution >= 4 is 5.69 Å². The van der Waals surface area contributed by atoms with Crippen molar-refractivity contribution in [2.75, 3.05) is 31.1 Å². The lowest BCUT2D eigenvalue weighted by Gasteiger charge is -2.33. The normalized spacial score (nSPS) is 14.8. The summed E-state index contributed by atoms with van der Waals surface area (Å²) in [6.07, 6.45) is 0. The molecule has 0 bridgehead atoms. The van der Waals surface area contributed by atoms with E-state index < -0.39 is 0 Å². The number of piperazine rings is 1. The van der Waals surface area contributed by atoms with Gasteiger partial charge in [0.15, 0.2) is 6.54 Å². The molecule has 1 aliphatic rings. The van der Waals surface area contributed by atoms with Crippen LogP contribution in [0.1, 0.15) is 11.7 Å². The number of rotatable bonds is 5. The van der Waals surface area contributed by atoms with E-state index in [4.69, 9.17) is 8.94 Å². The van der Waals surface area contributed by atoms with Crippen molar-refractivity contribution in [2.45, 2.75) is 13.5 Å². The summed E-state index contributed by atoms with van der Waals surface area (Å²) in [7, 11) is 0. The smallest absolute Gasteiger partial charge is 0.271 e. The quantitative estimate of drug-likeness (QED) is 0.514. The van der Waals surface area contributed by atoms with E-state index in [1.54, 1.807) is 12.1 Å². The molecule has 31 heavy (non-hydrogen) atoms. The predicted octanol–water partition coefficient (Wildman–Crippen LogP) is 2.31. The van der Waals surface area contributed by atoms with Crippen LogP contribution in [0.3, 0.4) is 0 Å². The second-order valence-corrected chi connectivity index (χ2v) is 7.76. The summed E-state index contributed by atoms with van der Waals surface area (Å²) in [6.45, 7) is 6.35. The van der Waals surface area contributed by atoms with Gasteiger partial charge in [-0.1, -0.05) is 35.5 Å². The molecule has 3 heterocycles. The van der Waals surface area contributed by atoms with E-state index in [-0.39, 0.29) is 0 Å². The molecule has 2 aromatic carbocycles. The maximum absolute atomic E-state index is 9.47. The van der Waals surface area contributed by atoms with Gasteiger partial charge in [0.05, 0.1) is 26.2 Å². The molecule has 1 saturated heterocycles. The number of hydrogen-bond acceptors (Lipinski definition) is 7. The average Bonchev–Trinajstić information content (AvgIpc) is 3.41. The van der Waals surface area contributed by atoms with Gasteiger partial charge in [-0.25, -0.2) is 0 Å². The van der Waals surface area contributed by atoms with Crippen LogP contribution in [-0.4, -0.2) is 46.6 Å². The zero-order valence-corrected chi connectivity index (χ0v) is 17.3. The summed E-state index contributed by atoms with van der Waals surface area (Å²) in [5.74, 6) is 2.00. The van der Waals surface area contributed by atoms with Gasteiger partial charge < -0.3 is 23.8 Å². The fraction of sp³-hybridized carbons (Fsp3) is 0.261. The SMILES string of the molecule is Cc1onc(-c2ccccc2)c1-c1nnc(C[NH+]2CCN(c3ccc(O)cc3)CC2)o1. The summed E-state index contributed by atoms with van der Waals surface area (Å²) in [5, 5.41) is 22.2. The zero-order chi connectivity index (χ0) is 21.2. The highest BCUT2D eigenvalue weighted by atomic mass is 16.5. The third kappa shape index (κ3) is 4.02. The molecule has 8 heteroatoms. The maximum atomic E-state index is 9.47. The van der Waals surface area contributed by atoms with Crippen molar-refractivity contribution in [1.82, 2.24) is 15.4 Å². The Bertz CT molecular complexity index is 1150. The largest absolute Gasteiger partial charge is 0.508 e. The molecule has 0 aliphatic carbocycles. The van der Waals surface area contributed by atoms with Gasteiger partial charge in [0.2, 0.25) is 0 Å². The van der Waals surface area contributed by atoms with Crippen molar-refractivity contribution in [2.24, 2.45) is 0 Å². The van der Waals surface area contributed by atoms with Crippen LogP contribution in [-0.2, 0) is 6.54 Å². The van der Waals surface area contributed by atoms with E-state index in [1.165, 1.54) is 4.90 Å². The standard InChI is InChI=1S/C23H23N5O3/c1-16-21(22(26-31-16)17-5-3-2-4-6-17)23-25-24-20(30-23)15-27-11-13-28(14-12-27)18-7-9-19(29)10-8-18/h2-10,29H,11-15H2,1H3/p+1. The van der Waals surface area contributed by atoms with Crippen LogP contribution in [0.2, 0.25) is 0 Å². The fourth-order valence-corrected chi connectivity index (χ4v) is 3.98. The third-order valence-electron chi connectivity index (χ3n) is 5.68. The second kappa shape index (κ2) is 8.23. The van der Waals surface area contributed by atoms with Gasteiger partial charge in [0.1, 0.15) is 22.8 Å². The van der Waals surface area contributed by atoms with Gasteiger partial charge >= 0.3 is 0 Å². The monoisotopic (exact) mass is 418 g/mol. The van der Waals surface area contributed by atoms with Crippen LogP contribution in [0, 0.1) is 6.92 Å². The summed E-state index contributed by atoms with van der Waals surface area (Å²) in [5.41, 5.74) is 3.54. The lowest BCUT2D eigenvalue weighted by molar-refractivity contribution is -0.915. The number of hydrogen-bond donors (Lipinski definition) is 2. The third-order valence-corrected chi connectivity index (χ3v) is 5.68. The molecular weight excluding hydrogens is 394 g/mol. The van der Waals surface area contributed by atoms with Gasteiger partial charge in [-0.05, 0) is 31.2 Å². The first-order valence-corrected chi connectivity index (χ1v) is 10.4. The van der Waals surface area contributed by atoms with E-state index in [2.05, 4.69) is 20.3 Å². The molecule has 2 aromatic heterocycles. The molecule has 1 aliphatic heterocycles. The molecule has 0 atom stereocenters. The lowest BCUT2D eigenvalue weighted by Crippen LogP contribution is -3.13. The number of phenols is 1. The Hall–Kier alpha value is -3.65. The molecule has 0 unspecified atom stereocenters. The van der Waals surface area contributed by atoms with E-state index >= 15 is 0 Å². The molecule has 0 amide bonds. The molecule has 0 saturated carbocycles. The topological polar surface area (TPSA) is 92.9 Å². The Morgan fingerprint density at radius 1 is 1.00 bits per heavy atom. The van der Waals surface area contributed by atoms with E-state index in [0.29, 0.717) is 35.5 Å². The summed E-state index contributed by atoms with van der Waals surface area (Å²) in [6, 6.07) is 17.2. The van der Waals surface area contributed by atoms with Crippen LogP contribution in [0.5, 0.6) is 5.75 Å². The number of aromatic hydroxyl groups is 1. The van der Waals surface area contributed by atoms with Crippen molar-refractivity contribution in [3.63, 3.8) is 0 Å². The highest BCUT2D eigenvalue weighted by Gasteiger charge is 2.25. The molecule has 0 spiro atoms. The Morgan fingerprint density at radius 2 is 1.74 bits per heavy atom. The second-order valence-electron chi connectivity index (χ2n) is 7.76. The summed E-state index contributed by atoms with van der Waals surface area (Å²) in [4.78, 5) is 3.73. The highest BCUT2D eigenvalue weighted by molar-refractivity contribution is 5.77. The minimum Gasteiger partial charge on any atom is -0.508 e. The van der Waals surface area contributed by atoms with Crippen LogP contribution in [0.25, 0.3) is 22.7 Å². The van der Waals surface area contributed by atoms with Crippen molar-refractivity contribution < 1.29 is 18.9 Å². The van der Waals surface area contributed by atoms with Gasteiger partial charge in [0.25, 0.3) is 11.8 Å². The number of aromatic nitrogens is 3. The number of phenolic OH excluding ortho intramolecular Hbond substituents is 1. The first-order valence-electron chi connectivity index (χ1n) is 10.4. The van der Waals surface area contributed by atoms with Crippen LogP contribution >= 0.6 is 0 Å². The molecular formula is C23H24N5O3+. The van der Waals surface area contributed by atoms with E-state index in [9.17, 15) is 5.11 Å². The number of anilines is 1. The molecule has 5 rings (SSSR count). The molecule has 4 aromatic rings. The van der Waals surface area contributed by atoms with Crippen molar-refractivity contribution in [3.05, 3.63) is 66.2 Å². The lowest BCUT2D eigenvalue weighted by atomic mass is 10.1. The van der Waals surface area contributed by atoms with Crippen molar-refractivity contribution in [3.8, 4) is 28.5 Å². The molecule has 0 radical (unpaired) electrons. The van der Waals surface area contributed by atoms with Crippen LogP contribution < -0.4 is 9.80 Å². The highest BCUT2D eigenvalue weighted by Crippen LogP contribution is 2.33. The molecule has 2 N–H and O–H groups in total. The van der Waals surface area contributed by atoms with Crippen molar-refractivity contribution in [1.29, 1.82) is 0 Å². The van der Waals surface area contributed by atoms with Gasteiger partial charge in [0, 0.05) is 11.3 Å². The predicted molar refractivity (Wildman–Crippen MR) is 115 cm³/mol. The fourth-order valence-electron chi connectivity index (χ4n) is 3.98. The number of nitrogens with one attached hydrogen (secondary N) is 1. The Morgan fingerprint density at radius 3 is 2.48 bits per heavy atom.